The van der Waals surface area contributed by atoms with Crippen molar-refractivity contribution in [3.8, 4) is 0 Å². The van der Waals surface area contributed by atoms with Crippen LogP contribution in [-0.4, -0.2) is 26.9 Å². The van der Waals surface area contributed by atoms with Gasteiger partial charge in [-0.3, -0.25) is 0 Å². The number of hydrogen-bond donors (Lipinski definition) is 0. The average molecular weight is 228 g/mol. The van der Waals surface area contributed by atoms with Crippen LogP contribution in [0.3, 0.4) is 0 Å². The Labute approximate surface area is 71.2 Å². The maximum atomic E-state index is 5.45. The quantitative estimate of drug-likeness (QED) is 0.516. The second-order valence-corrected chi connectivity index (χ2v) is 13.4. The average Bonchev–Trinajstić information content (AvgIpc) is 1.65. The van der Waals surface area contributed by atoms with Gasteiger partial charge < -0.3 is 0 Å². The van der Waals surface area contributed by atoms with E-state index < -0.39 is 4.73 Å². The van der Waals surface area contributed by atoms with E-state index in [1.54, 1.807) is 0 Å². The predicted molar refractivity (Wildman–Crippen MR) is 50.3 cm³/mol. The molecular weight excluding hydrogens is 214 g/mol. The van der Waals surface area contributed by atoms with E-state index in [1.165, 1.54) is 0 Å². The fraction of sp³-hybridized carbons (Fsp3) is 1.00. The molecule has 0 aliphatic rings. The number of hydrogen-bond acceptors (Lipinski definition) is 1. The van der Waals surface area contributed by atoms with Gasteiger partial charge in [0.15, 0.2) is 0 Å². The number of rotatable bonds is 2. The van der Waals surface area contributed by atoms with Crippen molar-refractivity contribution in [3.63, 3.8) is 0 Å². The summed E-state index contributed by atoms with van der Waals surface area (Å²) in [7, 11) is 0. The van der Waals surface area contributed by atoms with Crippen LogP contribution in [0, 0.1) is 0 Å². The van der Waals surface area contributed by atoms with Crippen molar-refractivity contribution in [3.05, 3.63) is 0 Å². The first-order valence-corrected chi connectivity index (χ1v) is 8.35. The Morgan fingerprint density at radius 3 is 1.33 bits per heavy atom. The molecule has 0 N–H and O–H groups in total. The second kappa shape index (κ2) is 3.53. The molecule has 1 radical (unpaired) electrons. The molecule has 0 bridgehead atoms. The summed E-state index contributed by atoms with van der Waals surface area (Å²) in [6, 6.07) is 0. The SMILES string of the molecule is CC(C)P(=S)([Se])C(C)C. The van der Waals surface area contributed by atoms with E-state index in [1.807, 2.05) is 0 Å². The zero-order valence-electron chi connectivity index (χ0n) is 6.42. The van der Waals surface area contributed by atoms with Crippen molar-refractivity contribution in [1.29, 1.82) is 0 Å². The summed E-state index contributed by atoms with van der Waals surface area (Å²) in [6.45, 7) is 8.82. The summed E-state index contributed by atoms with van der Waals surface area (Å²) in [5, 5.41) is 0. The maximum absolute atomic E-state index is 5.45. The molecule has 0 rings (SSSR count). The first kappa shape index (κ1) is 10.2. The van der Waals surface area contributed by atoms with Gasteiger partial charge in [-0.2, -0.15) is 0 Å². The summed E-state index contributed by atoms with van der Waals surface area (Å²) in [5.74, 6) is 0. The van der Waals surface area contributed by atoms with Gasteiger partial charge in [0.1, 0.15) is 0 Å². The predicted octanol–water partition coefficient (Wildman–Crippen LogP) is 2.37. The van der Waals surface area contributed by atoms with E-state index in [-0.39, 0.29) is 0 Å². The summed E-state index contributed by atoms with van der Waals surface area (Å²) in [4.78, 5) is 0. The Morgan fingerprint density at radius 1 is 1.11 bits per heavy atom. The Hall–Kier alpha value is 1.17. The van der Waals surface area contributed by atoms with Gasteiger partial charge in [-0.15, -0.1) is 0 Å². The van der Waals surface area contributed by atoms with Crippen molar-refractivity contribution >= 4 is 32.1 Å². The van der Waals surface area contributed by atoms with E-state index in [2.05, 4.69) is 43.3 Å². The monoisotopic (exact) mass is 229 g/mol. The zero-order chi connectivity index (χ0) is 7.65. The molecule has 0 spiro atoms. The molecule has 0 heterocycles. The van der Waals surface area contributed by atoms with E-state index in [0.29, 0.717) is 11.3 Å². The van der Waals surface area contributed by atoms with E-state index in [4.69, 9.17) is 11.8 Å². The van der Waals surface area contributed by atoms with Crippen LogP contribution in [-0.2, 0) is 11.8 Å². The molecule has 0 aliphatic carbocycles. The van der Waals surface area contributed by atoms with Crippen LogP contribution in [0.4, 0.5) is 0 Å². The molecule has 0 saturated carbocycles. The van der Waals surface area contributed by atoms with E-state index in [9.17, 15) is 0 Å². The van der Waals surface area contributed by atoms with Crippen molar-refractivity contribution < 1.29 is 0 Å². The van der Waals surface area contributed by atoms with Gasteiger partial charge in [-0.05, 0) is 0 Å². The normalized spacial score (nSPS) is 13.2. The third kappa shape index (κ3) is 2.72. The first-order chi connectivity index (χ1) is 3.89. The molecule has 0 fully saturated rings. The Balaban J connectivity index is 4.21. The van der Waals surface area contributed by atoms with Crippen molar-refractivity contribution in [2.45, 2.75) is 39.0 Å². The molecule has 0 amide bonds. The molecular formula is C6H14PSSe. The van der Waals surface area contributed by atoms with Gasteiger partial charge >= 0.3 is 71.1 Å². The zero-order valence-corrected chi connectivity index (χ0v) is 9.84. The Bertz CT molecular complexity index is 119. The van der Waals surface area contributed by atoms with Crippen LogP contribution >= 0.6 is 4.73 Å². The van der Waals surface area contributed by atoms with Crippen LogP contribution in [0.15, 0.2) is 0 Å². The molecule has 0 unspecified atom stereocenters. The fourth-order valence-electron chi connectivity index (χ4n) is 0.596. The molecule has 0 aromatic rings. The molecule has 0 nitrogen and oxygen atoms in total. The van der Waals surface area contributed by atoms with Gasteiger partial charge in [0.2, 0.25) is 0 Å². The van der Waals surface area contributed by atoms with Crippen molar-refractivity contribution in [2.24, 2.45) is 0 Å². The Morgan fingerprint density at radius 2 is 1.33 bits per heavy atom. The second-order valence-electron chi connectivity index (χ2n) is 2.83. The van der Waals surface area contributed by atoms with Gasteiger partial charge in [0, 0.05) is 0 Å². The molecule has 55 valence electrons. The van der Waals surface area contributed by atoms with E-state index >= 15 is 0 Å². The molecule has 0 aromatic carbocycles. The van der Waals surface area contributed by atoms with Crippen LogP contribution in [0.1, 0.15) is 27.7 Å². The summed E-state index contributed by atoms with van der Waals surface area (Å²) in [5.41, 5.74) is 1.32. The van der Waals surface area contributed by atoms with Crippen molar-refractivity contribution in [2.75, 3.05) is 0 Å². The minimum absolute atomic E-state index is 0.660. The third-order valence-corrected chi connectivity index (χ3v) is 12.2. The Kier molecular flexibility index (Phi) is 3.99. The fourth-order valence-corrected chi connectivity index (χ4v) is 1.79. The molecule has 0 aliphatic heterocycles. The van der Waals surface area contributed by atoms with Gasteiger partial charge in [-0.1, -0.05) is 0 Å². The van der Waals surface area contributed by atoms with Crippen LogP contribution in [0.2, 0.25) is 0 Å². The summed E-state index contributed by atoms with van der Waals surface area (Å²) < 4.78 is -1.13. The third-order valence-electron chi connectivity index (χ3n) is 1.44. The molecule has 0 aromatic heterocycles. The standard InChI is InChI=1S/C6H14PSSe/c1-5(2)7(8,9)6(3)4/h5-6H,1-4H3. The van der Waals surface area contributed by atoms with Gasteiger partial charge in [0.05, 0.1) is 0 Å². The van der Waals surface area contributed by atoms with E-state index in [0.717, 1.165) is 0 Å². The van der Waals surface area contributed by atoms with Gasteiger partial charge in [-0.25, -0.2) is 0 Å². The molecule has 0 saturated heterocycles. The summed E-state index contributed by atoms with van der Waals surface area (Å²) in [6.07, 6.45) is 0. The first-order valence-electron chi connectivity index (χ1n) is 3.19. The van der Waals surface area contributed by atoms with Crippen LogP contribution < -0.4 is 0 Å². The molecule has 9 heavy (non-hydrogen) atoms. The topological polar surface area (TPSA) is 0 Å². The van der Waals surface area contributed by atoms with Crippen LogP contribution in [0.25, 0.3) is 0 Å². The summed E-state index contributed by atoms with van der Waals surface area (Å²) >= 11 is 8.62. The van der Waals surface area contributed by atoms with Crippen LogP contribution in [0.5, 0.6) is 0 Å². The van der Waals surface area contributed by atoms with Gasteiger partial charge in [0.25, 0.3) is 0 Å². The van der Waals surface area contributed by atoms with Crippen molar-refractivity contribution in [1.82, 2.24) is 0 Å². The molecule has 3 heteroatoms. The minimum atomic E-state index is -1.13. The molecule has 0 atom stereocenters.